The van der Waals surface area contributed by atoms with Gasteiger partial charge in [-0.1, -0.05) is 0 Å². The molecular formula is C17H23F3N4O5. The molecule has 2 aliphatic heterocycles. The molecule has 9 nitrogen and oxygen atoms in total. The number of alkyl halides is 3. The molecule has 1 aromatic heterocycles. The Hall–Kier alpha value is -2.34. The number of hydrogen-bond acceptors (Lipinski definition) is 6. The summed E-state index contributed by atoms with van der Waals surface area (Å²) in [5, 5.41) is 22.3. The predicted molar refractivity (Wildman–Crippen MR) is 92.9 cm³/mol. The first kappa shape index (κ1) is 21.4. The van der Waals surface area contributed by atoms with Gasteiger partial charge in [-0.3, -0.25) is 4.79 Å². The lowest BCUT2D eigenvalue weighted by atomic mass is 9.87. The van der Waals surface area contributed by atoms with Crippen molar-refractivity contribution in [3.63, 3.8) is 0 Å². The van der Waals surface area contributed by atoms with E-state index in [1.165, 1.54) is 4.90 Å². The van der Waals surface area contributed by atoms with Crippen LogP contribution in [0.15, 0.2) is 6.33 Å². The number of amides is 2. The number of rotatable bonds is 1. The molecule has 0 aromatic carbocycles. The van der Waals surface area contributed by atoms with Crippen LogP contribution in [-0.2, 0) is 15.1 Å². The highest BCUT2D eigenvalue weighted by molar-refractivity contribution is 5.97. The minimum absolute atomic E-state index is 0.228. The first-order valence-corrected chi connectivity index (χ1v) is 9.09. The molecule has 1 aromatic rings. The Kier molecular flexibility index (Phi) is 5.06. The van der Waals surface area contributed by atoms with Gasteiger partial charge in [0, 0.05) is 19.1 Å². The maximum absolute atomic E-state index is 13.7. The average Bonchev–Trinajstić information content (AvgIpc) is 3.01. The highest BCUT2D eigenvalue weighted by Crippen LogP contribution is 2.48. The third kappa shape index (κ3) is 3.66. The summed E-state index contributed by atoms with van der Waals surface area (Å²) >= 11 is 0. The average molecular weight is 420 g/mol. The molecule has 1 saturated heterocycles. The van der Waals surface area contributed by atoms with Crippen molar-refractivity contribution in [1.29, 1.82) is 0 Å². The monoisotopic (exact) mass is 420 g/mol. The topological polar surface area (TPSA) is 117 Å². The molecule has 2 aliphatic rings. The van der Waals surface area contributed by atoms with Gasteiger partial charge in [0.05, 0.1) is 6.33 Å². The van der Waals surface area contributed by atoms with E-state index in [0.717, 1.165) is 10.9 Å². The number of imidazole rings is 1. The summed E-state index contributed by atoms with van der Waals surface area (Å²) < 4.78 is 47.5. The zero-order valence-corrected chi connectivity index (χ0v) is 16.2. The Labute approximate surface area is 164 Å². The second-order valence-electron chi connectivity index (χ2n) is 8.20. The Balaban J connectivity index is 1.85. The number of carbonyl (C=O) groups is 2. The van der Waals surface area contributed by atoms with E-state index in [1.807, 2.05) is 0 Å². The van der Waals surface area contributed by atoms with Crippen LogP contribution in [0.1, 0.15) is 45.3 Å². The summed E-state index contributed by atoms with van der Waals surface area (Å²) in [5.74, 6) is -1.84. The summed E-state index contributed by atoms with van der Waals surface area (Å²) in [5.41, 5.74) is -5.17. The fraction of sp³-hybridized carbons (Fsp3) is 0.706. The normalized spacial score (nSPS) is 26.1. The highest BCUT2D eigenvalue weighted by atomic mass is 19.4. The number of halogens is 3. The first-order valence-electron chi connectivity index (χ1n) is 9.09. The number of aromatic nitrogens is 2. The molecule has 2 atom stereocenters. The Morgan fingerprint density at radius 3 is 2.41 bits per heavy atom. The number of likely N-dealkylation sites (tertiary alicyclic amines) is 1. The summed E-state index contributed by atoms with van der Waals surface area (Å²) in [6, 6.07) is -0.527. The maximum Gasteiger partial charge on any atom is 0.426 e. The number of fused-ring (bicyclic) bond motifs is 1. The molecule has 0 saturated carbocycles. The number of aliphatic hydroxyl groups is 2. The summed E-state index contributed by atoms with van der Waals surface area (Å²) in [6.45, 7) is 5.64. The largest absolute Gasteiger partial charge is 0.444 e. The van der Waals surface area contributed by atoms with Crippen molar-refractivity contribution in [1.82, 2.24) is 14.5 Å². The molecule has 0 spiro atoms. The number of hydrogen-bond donors (Lipinski definition) is 3. The lowest BCUT2D eigenvalue weighted by molar-refractivity contribution is -0.295. The number of aliphatic hydroxyl groups excluding tert-OH is 1. The van der Waals surface area contributed by atoms with E-state index >= 15 is 0 Å². The van der Waals surface area contributed by atoms with Crippen LogP contribution in [-0.4, -0.2) is 67.6 Å². The molecule has 3 rings (SSSR count). The molecule has 2 amide bonds. The highest BCUT2D eigenvalue weighted by Gasteiger charge is 2.66. The number of nitrogens with one attached hydrogen (secondary N) is 1. The van der Waals surface area contributed by atoms with Gasteiger partial charge in [-0.2, -0.15) is 13.2 Å². The second kappa shape index (κ2) is 6.87. The zero-order valence-electron chi connectivity index (χ0n) is 16.2. The minimum atomic E-state index is -5.31. The molecule has 0 aliphatic carbocycles. The molecule has 12 heteroatoms. The van der Waals surface area contributed by atoms with Gasteiger partial charge in [0.2, 0.25) is 5.60 Å². The minimum Gasteiger partial charge on any atom is -0.444 e. The van der Waals surface area contributed by atoms with Gasteiger partial charge in [-0.15, -0.1) is 0 Å². The van der Waals surface area contributed by atoms with E-state index < -0.39 is 53.0 Å². The van der Waals surface area contributed by atoms with Gasteiger partial charge in [-0.05, 0) is 33.6 Å². The quantitative estimate of drug-likeness (QED) is 0.634. The standard InChI is InChI=1S/C17H23F3N4O5/c1-15(2,3)29-14(27)23-6-4-9(5-7-23)24-8-21-12-10(24)16(28,17(18,19)20)11(25)13(26)22-12/h8-9,11,25,28H,4-7H2,1-3H3,(H,22,26). The van der Waals surface area contributed by atoms with E-state index in [1.54, 1.807) is 20.8 Å². The van der Waals surface area contributed by atoms with Crippen LogP contribution >= 0.6 is 0 Å². The molecule has 3 N–H and O–H groups in total. The van der Waals surface area contributed by atoms with E-state index in [-0.39, 0.29) is 25.9 Å². The van der Waals surface area contributed by atoms with Gasteiger partial charge in [0.15, 0.2) is 11.9 Å². The zero-order chi connectivity index (χ0) is 21.8. The van der Waals surface area contributed by atoms with Crippen LogP contribution in [0.25, 0.3) is 0 Å². The van der Waals surface area contributed by atoms with Crippen molar-refractivity contribution >= 4 is 17.8 Å². The maximum atomic E-state index is 13.7. The van der Waals surface area contributed by atoms with Gasteiger partial charge in [0.1, 0.15) is 11.3 Å². The van der Waals surface area contributed by atoms with Gasteiger partial charge < -0.3 is 29.7 Å². The Morgan fingerprint density at radius 1 is 1.31 bits per heavy atom. The second-order valence-corrected chi connectivity index (χ2v) is 8.20. The van der Waals surface area contributed by atoms with Crippen molar-refractivity contribution < 1.29 is 37.7 Å². The molecule has 0 radical (unpaired) electrons. The van der Waals surface area contributed by atoms with E-state index in [2.05, 4.69) is 10.3 Å². The number of ether oxygens (including phenoxy) is 1. The number of anilines is 1. The number of nitrogens with zero attached hydrogens (tertiary/aromatic N) is 3. The van der Waals surface area contributed by atoms with Crippen LogP contribution in [0.3, 0.4) is 0 Å². The molecule has 2 unspecified atom stereocenters. The third-order valence-corrected chi connectivity index (χ3v) is 4.98. The lowest BCUT2D eigenvalue weighted by Crippen LogP contribution is -2.60. The fourth-order valence-corrected chi connectivity index (χ4v) is 3.55. The van der Waals surface area contributed by atoms with Crippen LogP contribution in [0.5, 0.6) is 0 Å². The number of carbonyl (C=O) groups excluding carboxylic acids is 2. The molecule has 29 heavy (non-hydrogen) atoms. The van der Waals surface area contributed by atoms with E-state index in [9.17, 15) is 33.0 Å². The lowest BCUT2D eigenvalue weighted by Gasteiger charge is -2.40. The van der Waals surface area contributed by atoms with Crippen molar-refractivity contribution in [2.24, 2.45) is 0 Å². The Bertz CT molecular complexity index is 811. The molecule has 0 bridgehead atoms. The van der Waals surface area contributed by atoms with Gasteiger partial charge in [0.25, 0.3) is 5.91 Å². The smallest absolute Gasteiger partial charge is 0.426 e. The predicted octanol–water partition coefficient (Wildman–Crippen LogP) is 1.52. The van der Waals surface area contributed by atoms with Crippen LogP contribution < -0.4 is 5.32 Å². The van der Waals surface area contributed by atoms with Gasteiger partial charge >= 0.3 is 12.3 Å². The van der Waals surface area contributed by atoms with Crippen LogP contribution in [0, 0.1) is 0 Å². The van der Waals surface area contributed by atoms with Crippen LogP contribution in [0.2, 0.25) is 0 Å². The van der Waals surface area contributed by atoms with Crippen molar-refractivity contribution in [3.8, 4) is 0 Å². The van der Waals surface area contributed by atoms with E-state index in [4.69, 9.17) is 4.74 Å². The molecule has 162 valence electrons. The molecular weight excluding hydrogens is 397 g/mol. The molecule has 1 fully saturated rings. The van der Waals surface area contributed by atoms with Crippen molar-refractivity contribution in [2.75, 3.05) is 18.4 Å². The Morgan fingerprint density at radius 2 is 1.90 bits per heavy atom. The first-order chi connectivity index (χ1) is 13.3. The van der Waals surface area contributed by atoms with E-state index in [0.29, 0.717) is 0 Å². The van der Waals surface area contributed by atoms with Crippen molar-refractivity contribution in [3.05, 3.63) is 12.0 Å². The summed E-state index contributed by atoms with van der Waals surface area (Å²) in [7, 11) is 0. The third-order valence-electron chi connectivity index (χ3n) is 4.98. The van der Waals surface area contributed by atoms with Gasteiger partial charge in [-0.25, -0.2) is 9.78 Å². The summed E-state index contributed by atoms with van der Waals surface area (Å²) in [4.78, 5) is 29.1. The SMILES string of the molecule is CC(C)(C)OC(=O)N1CCC(n2cnc3c2C(O)(C(F)(F)F)C(O)C(=O)N3)CC1. The number of piperidine rings is 1. The molecule has 3 heterocycles. The fourth-order valence-electron chi connectivity index (χ4n) is 3.55. The van der Waals surface area contributed by atoms with Crippen molar-refractivity contribution in [2.45, 2.75) is 63.1 Å². The van der Waals surface area contributed by atoms with Crippen LogP contribution in [0.4, 0.5) is 23.8 Å². The summed E-state index contributed by atoms with van der Waals surface area (Å²) in [6.07, 6.45) is -6.91.